The van der Waals surface area contributed by atoms with Gasteiger partial charge in [-0.05, 0) is 31.4 Å². The lowest BCUT2D eigenvalue weighted by Gasteiger charge is -2.27. The number of aryl methyl sites for hydroxylation is 1. The predicted molar refractivity (Wildman–Crippen MR) is 65.3 cm³/mol. The van der Waals surface area contributed by atoms with E-state index >= 15 is 0 Å². The first-order chi connectivity index (χ1) is 7.30. The highest BCUT2D eigenvalue weighted by molar-refractivity contribution is 5.08. The van der Waals surface area contributed by atoms with Crippen LogP contribution >= 0.6 is 0 Å². The van der Waals surface area contributed by atoms with E-state index in [1.54, 1.807) is 0 Å². The molecule has 2 atom stereocenters. The number of hydrogen-bond donors (Lipinski definition) is 2. The number of aliphatic hydroxyl groups excluding tert-OH is 1. The fourth-order valence-electron chi connectivity index (χ4n) is 1.38. The van der Waals surface area contributed by atoms with Crippen molar-refractivity contribution in [3.63, 3.8) is 0 Å². The van der Waals surface area contributed by atoms with E-state index in [-0.39, 0.29) is 17.6 Å². The zero-order chi connectivity index (χ0) is 12.3. The highest BCUT2D eigenvalue weighted by Crippen LogP contribution is 2.20. The molecule has 0 aliphatic rings. The summed E-state index contributed by atoms with van der Waals surface area (Å²) in [7, 11) is 0. The lowest BCUT2D eigenvalue weighted by atomic mass is 9.89. The zero-order valence-electron chi connectivity index (χ0n) is 10.9. The number of furan rings is 1. The second-order valence-corrected chi connectivity index (χ2v) is 5.46. The van der Waals surface area contributed by atoms with Crippen LogP contribution in [-0.4, -0.2) is 17.8 Å². The van der Waals surface area contributed by atoms with Gasteiger partial charge in [0.05, 0.1) is 12.1 Å². The average Bonchev–Trinajstić information content (AvgIpc) is 2.59. The lowest BCUT2D eigenvalue weighted by Crippen LogP contribution is -2.37. The van der Waals surface area contributed by atoms with Crippen molar-refractivity contribution in [2.45, 2.75) is 46.8 Å². The van der Waals surface area contributed by atoms with Gasteiger partial charge in [-0.1, -0.05) is 20.8 Å². The van der Waals surface area contributed by atoms with Crippen molar-refractivity contribution >= 4 is 0 Å². The van der Waals surface area contributed by atoms with Gasteiger partial charge in [-0.3, -0.25) is 0 Å². The number of aliphatic hydroxyl groups is 1. The number of nitrogens with one attached hydrogen (secondary N) is 1. The first kappa shape index (κ1) is 13.3. The standard InChI is InChI=1S/C13H23NO2/c1-9-6-7-11(16-9)10(2)14-8-12(15)13(3,4)5/h6-7,10,12,14-15H,8H2,1-5H3. The Kier molecular flexibility index (Phi) is 4.16. The predicted octanol–water partition coefficient (Wildman–Crippen LogP) is 2.65. The maximum absolute atomic E-state index is 9.89. The van der Waals surface area contributed by atoms with Gasteiger partial charge in [-0.25, -0.2) is 0 Å². The Morgan fingerprint density at radius 1 is 1.38 bits per heavy atom. The second-order valence-electron chi connectivity index (χ2n) is 5.46. The molecule has 1 heterocycles. The molecule has 2 unspecified atom stereocenters. The fraction of sp³-hybridized carbons (Fsp3) is 0.692. The zero-order valence-corrected chi connectivity index (χ0v) is 10.9. The van der Waals surface area contributed by atoms with Crippen LogP contribution in [0.15, 0.2) is 16.5 Å². The Morgan fingerprint density at radius 2 is 2.00 bits per heavy atom. The molecule has 1 aromatic rings. The fourth-order valence-corrected chi connectivity index (χ4v) is 1.38. The third-order valence-corrected chi connectivity index (χ3v) is 2.80. The molecule has 0 aliphatic heterocycles. The van der Waals surface area contributed by atoms with Gasteiger partial charge < -0.3 is 14.8 Å². The molecular formula is C13H23NO2. The van der Waals surface area contributed by atoms with Crippen molar-refractivity contribution in [1.82, 2.24) is 5.32 Å². The summed E-state index contributed by atoms with van der Waals surface area (Å²) in [4.78, 5) is 0. The molecule has 1 rings (SSSR count). The van der Waals surface area contributed by atoms with Crippen LogP contribution in [0.25, 0.3) is 0 Å². The Balaban J connectivity index is 2.44. The van der Waals surface area contributed by atoms with Crippen LogP contribution < -0.4 is 5.32 Å². The summed E-state index contributed by atoms with van der Waals surface area (Å²) in [6.45, 7) is 10.6. The van der Waals surface area contributed by atoms with Gasteiger partial charge in [0.25, 0.3) is 0 Å². The molecule has 1 aromatic heterocycles. The third kappa shape index (κ3) is 3.65. The third-order valence-electron chi connectivity index (χ3n) is 2.80. The van der Waals surface area contributed by atoms with Crippen molar-refractivity contribution in [1.29, 1.82) is 0 Å². The van der Waals surface area contributed by atoms with Crippen molar-refractivity contribution < 1.29 is 9.52 Å². The van der Waals surface area contributed by atoms with Crippen molar-refractivity contribution in [3.05, 3.63) is 23.7 Å². The van der Waals surface area contributed by atoms with E-state index in [1.165, 1.54) is 0 Å². The molecule has 16 heavy (non-hydrogen) atoms. The number of rotatable bonds is 4. The van der Waals surface area contributed by atoms with Crippen LogP contribution in [-0.2, 0) is 0 Å². The summed E-state index contributed by atoms with van der Waals surface area (Å²) in [6.07, 6.45) is -0.356. The van der Waals surface area contributed by atoms with Crippen LogP contribution in [0.4, 0.5) is 0 Å². The Bertz CT molecular complexity index is 325. The Hall–Kier alpha value is -0.800. The molecule has 92 valence electrons. The van der Waals surface area contributed by atoms with Crippen molar-refractivity contribution in [2.24, 2.45) is 5.41 Å². The number of hydrogen-bond acceptors (Lipinski definition) is 3. The van der Waals surface area contributed by atoms with E-state index in [9.17, 15) is 5.11 Å². The van der Waals surface area contributed by atoms with Crippen molar-refractivity contribution in [2.75, 3.05) is 6.54 Å². The summed E-state index contributed by atoms with van der Waals surface area (Å²) in [6, 6.07) is 4.05. The van der Waals surface area contributed by atoms with Gasteiger partial charge in [0, 0.05) is 6.54 Å². The Labute approximate surface area is 97.9 Å². The molecule has 3 heteroatoms. The van der Waals surface area contributed by atoms with E-state index in [0.29, 0.717) is 6.54 Å². The van der Waals surface area contributed by atoms with Crippen LogP contribution in [0.2, 0.25) is 0 Å². The molecule has 0 radical (unpaired) electrons. The summed E-state index contributed by atoms with van der Waals surface area (Å²) in [5, 5.41) is 13.2. The normalized spacial score (nSPS) is 16.1. The molecule has 3 nitrogen and oxygen atoms in total. The molecule has 0 aliphatic carbocycles. The summed E-state index contributed by atoms with van der Waals surface area (Å²) in [5.74, 6) is 1.83. The molecule has 0 saturated carbocycles. The molecule has 0 fully saturated rings. The average molecular weight is 225 g/mol. The lowest BCUT2D eigenvalue weighted by molar-refractivity contribution is 0.0603. The topological polar surface area (TPSA) is 45.4 Å². The highest BCUT2D eigenvalue weighted by atomic mass is 16.3. The van der Waals surface area contributed by atoms with Crippen LogP contribution in [0.5, 0.6) is 0 Å². The maximum atomic E-state index is 9.89. The van der Waals surface area contributed by atoms with Gasteiger partial charge in [0.1, 0.15) is 11.5 Å². The molecule has 0 spiro atoms. The van der Waals surface area contributed by atoms with Gasteiger partial charge >= 0.3 is 0 Å². The first-order valence-electron chi connectivity index (χ1n) is 5.78. The maximum Gasteiger partial charge on any atom is 0.120 e. The van der Waals surface area contributed by atoms with Crippen molar-refractivity contribution in [3.8, 4) is 0 Å². The van der Waals surface area contributed by atoms with Gasteiger partial charge in [-0.2, -0.15) is 0 Å². The Morgan fingerprint density at radius 3 is 2.44 bits per heavy atom. The van der Waals surface area contributed by atoms with Crippen LogP contribution in [0.3, 0.4) is 0 Å². The summed E-state index contributed by atoms with van der Waals surface area (Å²) in [5.41, 5.74) is -0.0915. The second kappa shape index (κ2) is 5.02. The minimum absolute atomic E-state index is 0.0915. The van der Waals surface area contributed by atoms with E-state index in [2.05, 4.69) is 5.32 Å². The molecule has 0 amide bonds. The van der Waals surface area contributed by atoms with E-state index in [1.807, 2.05) is 46.8 Å². The molecule has 0 aromatic carbocycles. The van der Waals surface area contributed by atoms with Gasteiger partial charge in [-0.15, -0.1) is 0 Å². The highest BCUT2D eigenvalue weighted by Gasteiger charge is 2.22. The van der Waals surface area contributed by atoms with Gasteiger partial charge in [0.15, 0.2) is 0 Å². The van der Waals surface area contributed by atoms with Crippen LogP contribution in [0.1, 0.15) is 45.3 Å². The molecule has 0 saturated heterocycles. The monoisotopic (exact) mass is 225 g/mol. The minimum atomic E-state index is -0.356. The quantitative estimate of drug-likeness (QED) is 0.828. The van der Waals surface area contributed by atoms with E-state index < -0.39 is 0 Å². The summed E-state index contributed by atoms with van der Waals surface area (Å²) >= 11 is 0. The van der Waals surface area contributed by atoms with Gasteiger partial charge in [0.2, 0.25) is 0 Å². The van der Waals surface area contributed by atoms with E-state index in [4.69, 9.17) is 4.42 Å². The minimum Gasteiger partial charge on any atom is -0.465 e. The van der Waals surface area contributed by atoms with Crippen LogP contribution in [0, 0.1) is 12.3 Å². The molecule has 0 bridgehead atoms. The largest absolute Gasteiger partial charge is 0.465 e. The SMILES string of the molecule is Cc1ccc(C(C)NCC(O)C(C)(C)C)o1. The molecular weight excluding hydrogens is 202 g/mol. The molecule has 2 N–H and O–H groups in total. The smallest absolute Gasteiger partial charge is 0.120 e. The summed E-state index contributed by atoms with van der Waals surface area (Å²) < 4.78 is 5.52. The van der Waals surface area contributed by atoms with E-state index in [0.717, 1.165) is 11.5 Å². The first-order valence-corrected chi connectivity index (χ1v) is 5.78.